The maximum atomic E-state index is 10.3. The van der Waals surface area contributed by atoms with Crippen molar-refractivity contribution in [1.29, 1.82) is 0 Å². The average molecular weight is 157 g/mol. The highest BCUT2D eigenvalue weighted by molar-refractivity contribution is 5.73. The van der Waals surface area contributed by atoms with Gasteiger partial charge in [0.1, 0.15) is 0 Å². The van der Waals surface area contributed by atoms with Gasteiger partial charge in [0, 0.05) is 6.92 Å². The van der Waals surface area contributed by atoms with E-state index >= 15 is 0 Å². The summed E-state index contributed by atoms with van der Waals surface area (Å²) < 4.78 is 4.78. The Morgan fingerprint density at radius 2 is 2.36 bits per heavy atom. The standard InChI is InChI=1S/C5H7N3O3/c1-2-7-8-4(11-2)3(6)5(9)10/h3H,6H2,1H3,(H,9,10). The van der Waals surface area contributed by atoms with Crippen LogP contribution in [0, 0.1) is 6.92 Å². The minimum Gasteiger partial charge on any atom is -0.480 e. The molecule has 0 radical (unpaired) electrons. The van der Waals surface area contributed by atoms with E-state index in [1.807, 2.05) is 0 Å². The first kappa shape index (κ1) is 7.67. The van der Waals surface area contributed by atoms with Crippen LogP contribution in [0.15, 0.2) is 4.42 Å². The van der Waals surface area contributed by atoms with Gasteiger partial charge in [-0.05, 0) is 0 Å². The zero-order chi connectivity index (χ0) is 8.43. The lowest BCUT2D eigenvalue weighted by atomic mass is 10.3. The number of rotatable bonds is 2. The number of hydrogen-bond donors (Lipinski definition) is 2. The third-order valence-corrected chi connectivity index (χ3v) is 1.07. The van der Waals surface area contributed by atoms with Crippen LogP contribution < -0.4 is 5.73 Å². The second-order valence-corrected chi connectivity index (χ2v) is 1.98. The molecule has 60 valence electrons. The third kappa shape index (κ3) is 1.53. The summed E-state index contributed by atoms with van der Waals surface area (Å²) in [5.41, 5.74) is 5.16. The normalized spacial score (nSPS) is 12.9. The van der Waals surface area contributed by atoms with Gasteiger partial charge in [0.2, 0.25) is 11.8 Å². The Morgan fingerprint density at radius 3 is 2.73 bits per heavy atom. The predicted octanol–water partition coefficient (Wildman–Crippen LogP) is -0.538. The quantitative estimate of drug-likeness (QED) is 0.597. The molecule has 1 rings (SSSR count). The molecule has 1 aromatic rings. The van der Waals surface area contributed by atoms with E-state index in [1.54, 1.807) is 6.92 Å². The van der Waals surface area contributed by atoms with E-state index in [0.717, 1.165) is 0 Å². The molecule has 0 aliphatic carbocycles. The fourth-order valence-electron chi connectivity index (χ4n) is 0.543. The summed E-state index contributed by atoms with van der Waals surface area (Å²) in [5.74, 6) is -0.958. The monoisotopic (exact) mass is 157 g/mol. The lowest BCUT2D eigenvalue weighted by molar-refractivity contribution is -0.139. The molecule has 0 amide bonds. The third-order valence-electron chi connectivity index (χ3n) is 1.07. The van der Waals surface area contributed by atoms with E-state index in [9.17, 15) is 4.79 Å². The molecule has 0 spiro atoms. The number of aliphatic carboxylic acids is 1. The van der Waals surface area contributed by atoms with Crippen LogP contribution in [0.3, 0.4) is 0 Å². The van der Waals surface area contributed by atoms with Gasteiger partial charge in [0.25, 0.3) is 0 Å². The fourth-order valence-corrected chi connectivity index (χ4v) is 0.543. The molecule has 1 heterocycles. The van der Waals surface area contributed by atoms with Crippen LogP contribution in [0.4, 0.5) is 0 Å². The lowest BCUT2D eigenvalue weighted by Crippen LogP contribution is -2.20. The number of hydrogen-bond acceptors (Lipinski definition) is 5. The van der Waals surface area contributed by atoms with Gasteiger partial charge >= 0.3 is 5.97 Å². The van der Waals surface area contributed by atoms with E-state index in [4.69, 9.17) is 15.3 Å². The van der Waals surface area contributed by atoms with Crippen molar-refractivity contribution in [3.05, 3.63) is 11.8 Å². The van der Waals surface area contributed by atoms with Crippen LogP contribution in [-0.2, 0) is 4.79 Å². The van der Waals surface area contributed by atoms with Gasteiger partial charge in [-0.2, -0.15) is 0 Å². The van der Waals surface area contributed by atoms with Crippen LogP contribution in [-0.4, -0.2) is 21.3 Å². The first-order valence-electron chi connectivity index (χ1n) is 2.89. The summed E-state index contributed by atoms with van der Waals surface area (Å²) >= 11 is 0. The fraction of sp³-hybridized carbons (Fsp3) is 0.400. The van der Waals surface area contributed by atoms with Crippen molar-refractivity contribution in [1.82, 2.24) is 10.2 Å². The summed E-state index contributed by atoms with van der Waals surface area (Å²) in [4.78, 5) is 10.3. The van der Waals surface area contributed by atoms with E-state index in [0.29, 0.717) is 5.89 Å². The molecule has 6 nitrogen and oxygen atoms in total. The van der Waals surface area contributed by atoms with Crippen molar-refractivity contribution in [2.75, 3.05) is 0 Å². The minimum atomic E-state index is -1.23. The van der Waals surface area contributed by atoms with Crippen molar-refractivity contribution < 1.29 is 14.3 Å². The summed E-state index contributed by atoms with van der Waals surface area (Å²) in [7, 11) is 0. The maximum Gasteiger partial charge on any atom is 0.330 e. The molecule has 0 saturated carbocycles. The molecule has 0 bridgehead atoms. The molecule has 0 fully saturated rings. The molecule has 1 atom stereocenters. The van der Waals surface area contributed by atoms with Gasteiger partial charge in [-0.3, -0.25) is 0 Å². The highest BCUT2D eigenvalue weighted by Crippen LogP contribution is 2.07. The molecular weight excluding hydrogens is 150 g/mol. The summed E-state index contributed by atoms with van der Waals surface area (Å²) in [6.45, 7) is 1.56. The number of carbonyl (C=O) groups is 1. The van der Waals surface area contributed by atoms with Crippen molar-refractivity contribution >= 4 is 5.97 Å². The van der Waals surface area contributed by atoms with Crippen molar-refractivity contribution in [3.63, 3.8) is 0 Å². The Bertz CT molecular complexity index is 270. The van der Waals surface area contributed by atoms with Crippen LogP contribution in [0.25, 0.3) is 0 Å². The Hall–Kier alpha value is -1.43. The topological polar surface area (TPSA) is 102 Å². The van der Waals surface area contributed by atoms with Gasteiger partial charge < -0.3 is 15.3 Å². The number of aromatic nitrogens is 2. The number of aryl methyl sites for hydroxylation is 1. The lowest BCUT2D eigenvalue weighted by Gasteiger charge is -1.96. The molecule has 0 aliphatic rings. The Kier molecular flexibility index (Phi) is 1.86. The van der Waals surface area contributed by atoms with Crippen LogP contribution in [0.2, 0.25) is 0 Å². The summed E-state index contributed by atoms with van der Waals surface area (Å²) in [6.07, 6.45) is 0. The highest BCUT2D eigenvalue weighted by Gasteiger charge is 2.19. The van der Waals surface area contributed by atoms with Crippen LogP contribution in [0.1, 0.15) is 17.8 Å². The smallest absolute Gasteiger partial charge is 0.330 e. The predicted molar refractivity (Wildman–Crippen MR) is 33.6 cm³/mol. The molecule has 3 N–H and O–H groups in total. The Labute approximate surface area is 62.0 Å². The molecule has 1 unspecified atom stereocenters. The van der Waals surface area contributed by atoms with Gasteiger partial charge in [-0.1, -0.05) is 0 Å². The largest absolute Gasteiger partial charge is 0.480 e. The Morgan fingerprint density at radius 1 is 1.73 bits per heavy atom. The van der Waals surface area contributed by atoms with Gasteiger partial charge in [0.15, 0.2) is 6.04 Å². The molecular formula is C5H7N3O3. The zero-order valence-electron chi connectivity index (χ0n) is 5.81. The second kappa shape index (κ2) is 2.67. The van der Waals surface area contributed by atoms with Crippen LogP contribution in [0.5, 0.6) is 0 Å². The molecule has 11 heavy (non-hydrogen) atoms. The van der Waals surface area contributed by atoms with E-state index < -0.39 is 12.0 Å². The first-order valence-corrected chi connectivity index (χ1v) is 2.89. The molecule has 0 saturated heterocycles. The maximum absolute atomic E-state index is 10.3. The molecule has 6 heteroatoms. The van der Waals surface area contributed by atoms with E-state index in [-0.39, 0.29) is 5.89 Å². The van der Waals surface area contributed by atoms with Crippen LogP contribution >= 0.6 is 0 Å². The minimum absolute atomic E-state index is 0.0741. The summed E-state index contributed by atoms with van der Waals surface area (Å²) in [6, 6.07) is -1.23. The highest BCUT2D eigenvalue weighted by atomic mass is 16.4. The average Bonchev–Trinajstić information content (AvgIpc) is 2.34. The Balaban J connectivity index is 2.84. The molecule has 0 aromatic carbocycles. The molecule has 1 aromatic heterocycles. The van der Waals surface area contributed by atoms with Crippen molar-refractivity contribution in [2.24, 2.45) is 5.73 Å². The number of nitrogens with zero attached hydrogens (tertiary/aromatic N) is 2. The molecule has 0 aliphatic heterocycles. The number of carboxylic acids is 1. The summed E-state index contributed by atoms with van der Waals surface area (Å²) in [5, 5.41) is 15.3. The number of carboxylic acid groups (broad SMARTS) is 1. The van der Waals surface area contributed by atoms with Gasteiger partial charge in [-0.15, -0.1) is 10.2 Å². The van der Waals surface area contributed by atoms with Gasteiger partial charge in [0.05, 0.1) is 0 Å². The van der Waals surface area contributed by atoms with Gasteiger partial charge in [-0.25, -0.2) is 4.79 Å². The first-order chi connectivity index (χ1) is 5.11. The van der Waals surface area contributed by atoms with Crippen molar-refractivity contribution in [2.45, 2.75) is 13.0 Å². The number of nitrogens with two attached hydrogens (primary N) is 1. The SMILES string of the molecule is Cc1nnc(C(N)C(=O)O)o1. The van der Waals surface area contributed by atoms with Crippen molar-refractivity contribution in [3.8, 4) is 0 Å². The van der Waals surface area contributed by atoms with E-state index in [1.165, 1.54) is 0 Å². The van der Waals surface area contributed by atoms with E-state index in [2.05, 4.69) is 10.2 Å². The second-order valence-electron chi connectivity index (χ2n) is 1.98. The zero-order valence-corrected chi connectivity index (χ0v) is 5.81.